The van der Waals surface area contributed by atoms with Crippen LogP contribution < -0.4 is 5.32 Å². The fourth-order valence-electron chi connectivity index (χ4n) is 1.83. The molecule has 134 valence electrons. The summed E-state index contributed by atoms with van der Waals surface area (Å²) in [7, 11) is 0. The highest BCUT2D eigenvalue weighted by Crippen LogP contribution is 2.18. The molecule has 0 aliphatic heterocycles. The molecule has 1 aromatic rings. The zero-order chi connectivity index (χ0) is 18.2. The van der Waals surface area contributed by atoms with Gasteiger partial charge in [0.05, 0.1) is 19.3 Å². The first-order valence-electron chi connectivity index (χ1n) is 7.69. The monoisotopic (exact) mass is 401 g/mol. The second kappa shape index (κ2) is 9.64. The first-order chi connectivity index (χ1) is 11.2. The Bertz CT molecular complexity index is 539. The molecule has 0 saturated heterocycles. The number of benzene rings is 1. The average Bonchev–Trinajstić information content (AvgIpc) is 2.45. The summed E-state index contributed by atoms with van der Waals surface area (Å²) in [6.45, 7) is 7.35. The Balaban J connectivity index is 2.70. The lowest BCUT2D eigenvalue weighted by Gasteiger charge is -2.24. The van der Waals surface area contributed by atoms with Crippen LogP contribution in [0.3, 0.4) is 0 Å². The molecule has 1 aromatic carbocycles. The van der Waals surface area contributed by atoms with Gasteiger partial charge in [0.15, 0.2) is 0 Å². The van der Waals surface area contributed by atoms with Gasteiger partial charge >= 0.3 is 12.1 Å². The summed E-state index contributed by atoms with van der Waals surface area (Å²) in [5, 5.41) is 2.76. The van der Waals surface area contributed by atoms with Crippen molar-refractivity contribution < 1.29 is 23.8 Å². The molecule has 0 spiro atoms. The summed E-state index contributed by atoms with van der Waals surface area (Å²) >= 11 is 3.37. The highest BCUT2D eigenvalue weighted by molar-refractivity contribution is 9.10. The van der Waals surface area contributed by atoms with Crippen molar-refractivity contribution in [3.8, 4) is 0 Å². The van der Waals surface area contributed by atoms with Gasteiger partial charge in [-0.15, -0.1) is 0 Å². The van der Waals surface area contributed by atoms with Crippen molar-refractivity contribution in [2.45, 2.75) is 39.3 Å². The zero-order valence-electron chi connectivity index (χ0n) is 14.4. The molecule has 1 amide bonds. The molecule has 0 bridgehead atoms. The molecule has 1 rings (SSSR count). The number of hydrogen-bond donors (Lipinski definition) is 1. The van der Waals surface area contributed by atoms with Crippen molar-refractivity contribution in [2.75, 3.05) is 19.8 Å². The predicted octanol–water partition coefficient (Wildman–Crippen LogP) is 3.59. The first kappa shape index (κ1) is 20.4. The minimum Gasteiger partial charge on any atom is -0.464 e. The van der Waals surface area contributed by atoms with Gasteiger partial charge in [0.2, 0.25) is 0 Å². The summed E-state index contributed by atoms with van der Waals surface area (Å²) in [6.07, 6.45) is -0.546. The fraction of sp³-hybridized carbons (Fsp3) is 0.529. The van der Waals surface area contributed by atoms with E-state index in [-0.39, 0.29) is 13.2 Å². The maximum absolute atomic E-state index is 12.0. The fourth-order valence-corrected chi connectivity index (χ4v) is 2.09. The van der Waals surface area contributed by atoms with E-state index in [0.29, 0.717) is 6.61 Å². The quantitative estimate of drug-likeness (QED) is 0.706. The third-order valence-corrected chi connectivity index (χ3v) is 3.30. The van der Waals surface area contributed by atoms with E-state index in [2.05, 4.69) is 21.2 Å². The number of hydrogen-bond acceptors (Lipinski definition) is 5. The van der Waals surface area contributed by atoms with Crippen LogP contribution in [0.15, 0.2) is 28.7 Å². The maximum atomic E-state index is 12.0. The van der Waals surface area contributed by atoms with Crippen molar-refractivity contribution in [3.05, 3.63) is 34.3 Å². The van der Waals surface area contributed by atoms with Crippen molar-refractivity contribution in [3.63, 3.8) is 0 Å². The molecule has 1 N–H and O–H groups in total. The van der Waals surface area contributed by atoms with Crippen LogP contribution in [0.25, 0.3) is 0 Å². The number of carbonyl (C=O) groups excluding carboxylic acids is 2. The van der Waals surface area contributed by atoms with Gasteiger partial charge in [0, 0.05) is 4.47 Å². The lowest BCUT2D eigenvalue weighted by molar-refractivity contribution is -0.148. The minimum absolute atomic E-state index is 0.125. The third-order valence-electron chi connectivity index (χ3n) is 2.77. The van der Waals surface area contributed by atoms with Crippen LogP contribution in [0.4, 0.5) is 4.79 Å². The zero-order valence-corrected chi connectivity index (χ0v) is 16.0. The van der Waals surface area contributed by atoms with Gasteiger partial charge in [-0.1, -0.05) is 28.1 Å². The smallest absolute Gasteiger partial charge is 0.408 e. The minimum atomic E-state index is -0.597. The molecular formula is C17H24BrNO5. The summed E-state index contributed by atoms with van der Waals surface area (Å²) in [4.78, 5) is 23.4. The van der Waals surface area contributed by atoms with Crippen molar-refractivity contribution in [1.29, 1.82) is 0 Å². The number of ether oxygens (including phenoxy) is 3. The van der Waals surface area contributed by atoms with E-state index in [1.165, 1.54) is 0 Å². The average molecular weight is 402 g/mol. The Morgan fingerprint density at radius 2 is 1.83 bits per heavy atom. The topological polar surface area (TPSA) is 73.9 Å². The van der Waals surface area contributed by atoms with Crippen LogP contribution >= 0.6 is 15.9 Å². The van der Waals surface area contributed by atoms with E-state index in [1.807, 2.05) is 24.3 Å². The Kier molecular flexibility index (Phi) is 8.21. The number of esters is 1. The van der Waals surface area contributed by atoms with Gasteiger partial charge in [0.1, 0.15) is 12.2 Å². The van der Waals surface area contributed by atoms with Gasteiger partial charge in [-0.05, 0) is 45.4 Å². The van der Waals surface area contributed by atoms with Crippen LogP contribution in [0.2, 0.25) is 0 Å². The van der Waals surface area contributed by atoms with Crippen molar-refractivity contribution >= 4 is 28.0 Å². The molecule has 0 aliphatic carbocycles. The largest absolute Gasteiger partial charge is 0.464 e. The summed E-state index contributed by atoms with van der Waals surface area (Å²) in [6, 6.07) is 7.01. The van der Waals surface area contributed by atoms with Crippen LogP contribution in [-0.4, -0.2) is 37.5 Å². The second-order valence-electron chi connectivity index (χ2n) is 6.07. The number of halogens is 1. The van der Waals surface area contributed by atoms with Crippen LogP contribution in [0.1, 0.15) is 39.3 Å². The van der Waals surface area contributed by atoms with Gasteiger partial charge in [0.25, 0.3) is 0 Å². The number of alkyl carbamates (subject to hydrolysis) is 1. The van der Waals surface area contributed by atoms with Gasteiger partial charge in [-0.25, -0.2) is 9.59 Å². The lowest BCUT2D eigenvalue weighted by atomic mass is 10.1. The molecule has 1 atom stereocenters. The third kappa shape index (κ3) is 8.31. The van der Waals surface area contributed by atoms with Gasteiger partial charge in [-0.2, -0.15) is 0 Å². The highest BCUT2D eigenvalue weighted by Gasteiger charge is 2.21. The number of carbonyl (C=O) groups is 2. The predicted molar refractivity (Wildman–Crippen MR) is 93.7 cm³/mol. The number of rotatable bonds is 7. The molecule has 0 aromatic heterocycles. The molecule has 0 saturated carbocycles. The van der Waals surface area contributed by atoms with Crippen LogP contribution in [0.5, 0.6) is 0 Å². The molecule has 0 radical (unpaired) electrons. The number of nitrogens with one attached hydrogen (secondary N) is 1. The van der Waals surface area contributed by atoms with E-state index in [9.17, 15) is 9.59 Å². The summed E-state index contributed by atoms with van der Waals surface area (Å²) < 4.78 is 16.4. The summed E-state index contributed by atoms with van der Waals surface area (Å²) in [5.74, 6) is -0.440. The Morgan fingerprint density at radius 1 is 1.21 bits per heavy atom. The van der Waals surface area contributed by atoms with Crippen molar-refractivity contribution in [2.24, 2.45) is 0 Å². The molecule has 0 fully saturated rings. The molecule has 24 heavy (non-hydrogen) atoms. The Hall–Kier alpha value is -1.60. The standard InChI is InChI=1S/C17H24BrNO5/c1-5-23-15(20)11-22-10-14(12-6-8-13(18)9-7-12)19-16(21)24-17(2,3)4/h6-9,14H,5,10-11H2,1-4H3,(H,19,21). The molecule has 6 nitrogen and oxygen atoms in total. The molecule has 0 aliphatic rings. The lowest BCUT2D eigenvalue weighted by Crippen LogP contribution is -2.37. The normalized spacial score (nSPS) is 12.4. The van der Waals surface area contributed by atoms with E-state index < -0.39 is 23.7 Å². The SMILES string of the molecule is CCOC(=O)COCC(NC(=O)OC(C)(C)C)c1ccc(Br)cc1. The molecular weight excluding hydrogens is 378 g/mol. The van der Waals surface area contributed by atoms with E-state index in [4.69, 9.17) is 14.2 Å². The number of amides is 1. The molecule has 0 heterocycles. The van der Waals surface area contributed by atoms with Gasteiger partial charge < -0.3 is 19.5 Å². The second-order valence-corrected chi connectivity index (χ2v) is 6.99. The van der Waals surface area contributed by atoms with Crippen molar-refractivity contribution in [1.82, 2.24) is 5.32 Å². The van der Waals surface area contributed by atoms with Gasteiger partial charge in [-0.3, -0.25) is 0 Å². The Labute approximate surface area is 151 Å². The van der Waals surface area contributed by atoms with E-state index in [0.717, 1.165) is 10.0 Å². The van der Waals surface area contributed by atoms with E-state index >= 15 is 0 Å². The maximum Gasteiger partial charge on any atom is 0.408 e. The Morgan fingerprint density at radius 3 is 2.38 bits per heavy atom. The molecule has 1 unspecified atom stereocenters. The first-order valence-corrected chi connectivity index (χ1v) is 8.49. The molecule has 7 heteroatoms. The van der Waals surface area contributed by atoms with E-state index in [1.54, 1.807) is 27.7 Å². The van der Waals surface area contributed by atoms with Crippen LogP contribution in [0, 0.1) is 0 Å². The summed E-state index contributed by atoms with van der Waals surface area (Å²) in [5.41, 5.74) is 0.244. The van der Waals surface area contributed by atoms with Crippen LogP contribution in [-0.2, 0) is 19.0 Å². The highest BCUT2D eigenvalue weighted by atomic mass is 79.9.